The zero-order valence-corrected chi connectivity index (χ0v) is 10.9. The van der Waals surface area contributed by atoms with Crippen LogP contribution in [0.3, 0.4) is 0 Å². The van der Waals surface area contributed by atoms with Crippen LogP contribution in [0.15, 0.2) is 29.6 Å². The second-order valence-electron chi connectivity index (χ2n) is 3.49. The zero-order valence-electron chi connectivity index (χ0n) is 8.58. The molecule has 0 aliphatic heterocycles. The first kappa shape index (κ1) is 11.9. The van der Waals surface area contributed by atoms with Crippen LogP contribution < -0.4 is 0 Å². The number of halogens is 2. The fourth-order valence-corrected chi connectivity index (χ4v) is 2.91. The standard InChI is InChI=1S/C12H10Cl2OS/c1-7-8(3-2-4-9(7)13)11(15)12-10(14)5-6-16-12/h2-6,11,15H,1H3. The summed E-state index contributed by atoms with van der Waals surface area (Å²) in [7, 11) is 0. The highest BCUT2D eigenvalue weighted by Gasteiger charge is 2.17. The minimum Gasteiger partial charge on any atom is -0.383 e. The summed E-state index contributed by atoms with van der Waals surface area (Å²) < 4.78 is 0. The maximum atomic E-state index is 10.2. The molecule has 0 saturated carbocycles. The van der Waals surface area contributed by atoms with Gasteiger partial charge in [0.1, 0.15) is 6.10 Å². The van der Waals surface area contributed by atoms with Crippen LogP contribution in [0, 0.1) is 6.92 Å². The molecule has 0 aliphatic carbocycles. The van der Waals surface area contributed by atoms with Crippen molar-refractivity contribution in [2.45, 2.75) is 13.0 Å². The molecule has 84 valence electrons. The van der Waals surface area contributed by atoms with E-state index in [1.54, 1.807) is 6.07 Å². The van der Waals surface area contributed by atoms with Gasteiger partial charge in [-0.25, -0.2) is 0 Å². The fourth-order valence-electron chi connectivity index (χ4n) is 1.56. The number of benzene rings is 1. The molecular weight excluding hydrogens is 263 g/mol. The van der Waals surface area contributed by atoms with Gasteiger partial charge in [0.05, 0.1) is 9.90 Å². The van der Waals surface area contributed by atoms with Crippen LogP contribution in [0.2, 0.25) is 10.0 Å². The van der Waals surface area contributed by atoms with Crippen molar-refractivity contribution in [3.8, 4) is 0 Å². The van der Waals surface area contributed by atoms with Crippen LogP contribution in [0.25, 0.3) is 0 Å². The molecule has 4 heteroatoms. The largest absolute Gasteiger partial charge is 0.383 e. The van der Waals surface area contributed by atoms with Gasteiger partial charge in [0.15, 0.2) is 0 Å². The minimum atomic E-state index is -0.703. The topological polar surface area (TPSA) is 20.2 Å². The molecule has 0 saturated heterocycles. The molecular formula is C12H10Cl2OS. The number of thiophene rings is 1. The lowest BCUT2D eigenvalue weighted by molar-refractivity contribution is 0.223. The minimum absolute atomic E-state index is 0.594. The maximum Gasteiger partial charge on any atom is 0.115 e. The SMILES string of the molecule is Cc1c(Cl)cccc1C(O)c1sccc1Cl. The van der Waals surface area contributed by atoms with E-state index in [4.69, 9.17) is 23.2 Å². The van der Waals surface area contributed by atoms with E-state index in [9.17, 15) is 5.11 Å². The van der Waals surface area contributed by atoms with E-state index in [2.05, 4.69) is 0 Å². The summed E-state index contributed by atoms with van der Waals surface area (Å²) >= 11 is 13.5. The van der Waals surface area contributed by atoms with E-state index < -0.39 is 6.10 Å². The molecule has 0 fully saturated rings. The van der Waals surface area contributed by atoms with Crippen LogP contribution >= 0.6 is 34.5 Å². The number of aliphatic hydroxyl groups is 1. The Morgan fingerprint density at radius 2 is 1.94 bits per heavy atom. The molecule has 1 unspecified atom stereocenters. The first-order chi connectivity index (χ1) is 7.61. The smallest absolute Gasteiger partial charge is 0.115 e. The van der Waals surface area contributed by atoms with Gasteiger partial charge in [-0.05, 0) is 35.6 Å². The molecule has 1 nitrogen and oxygen atoms in total. The van der Waals surface area contributed by atoms with E-state index in [1.165, 1.54) is 11.3 Å². The summed E-state index contributed by atoms with van der Waals surface area (Å²) in [6, 6.07) is 7.28. The molecule has 2 rings (SSSR count). The Labute approximate surface area is 108 Å². The molecule has 1 heterocycles. The fraction of sp³-hybridized carbons (Fsp3) is 0.167. The molecule has 1 N–H and O–H groups in total. The van der Waals surface area contributed by atoms with Gasteiger partial charge in [-0.2, -0.15) is 0 Å². The van der Waals surface area contributed by atoms with Gasteiger partial charge in [0, 0.05) is 5.02 Å². The van der Waals surface area contributed by atoms with Gasteiger partial charge in [0.2, 0.25) is 0 Å². The second kappa shape index (κ2) is 4.76. The molecule has 2 aromatic rings. The van der Waals surface area contributed by atoms with Gasteiger partial charge in [0.25, 0.3) is 0 Å². The summed E-state index contributed by atoms with van der Waals surface area (Å²) in [5.41, 5.74) is 1.69. The Morgan fingerprint density at radius 3 is 2.56 bits per heavy atom. The molecule has 0 radical (unpaired) electrons. The predicted octanol–water partition coefficient (Wildman–Crippen LogP) is 4.45. The second-order valence-corrected chi connectivity index (χ2v) is 5.25. The summed E-state index contributed by atoms with van der Waals surface area (Å²) in [6.07, 6.45) is -0.703. The zero-order chi connectivity index (χ0) is 11.7. The van der Waals surface area contributed by atoms with Gasteiger partial charge in [-0.15, -0.1) is 11.3 Å². The maximum absolute atomic E-state index is 10.2. The van der Waals surface area contributed by atoms with E-state index in [1.807, 2.05) is 30.5 Å². The van der Waals surface area contributed by atoms with Crippen molar-refractivity contribution in [3.63, 3.8) is 0 Å². The Balaban J connectivity index is 2.46. The molecule has 0 aliphatic rings. The normalized spacial score (nSPS) is 12.8. The van der Waals surface area contributed by atoms with Crippen molar-refractivity contribution in [2.24, 2.45) is 0 Å². The summed E-state index contributed by atoms with van der Waals surface area (Å²) in [5.74, 6) is 0. The Kier molecular flexibility index (Phi) is 3.55. The average Bonchev–Trinajstić information content (AvgIpc) is 2.68. The lowest BCUT2D eigenvalue weighted by Crippen LogP contribution is -2.00. The molecule has 16 heavy (non-hydrogen) atoms. The predicted molar refractivity (Wildman–Crippen MR) is 69.6 cm³/mol. The van der Waals surface area contributed by atoms with Crippen LogP contribution in [-0.2, 0) is 0 Å². The molecule has 1 atom stereocenters. The highest BCUT2D eigenvalue weighted by atomic mass is 35.5. The Bertz CT molecular complexity index is 507. The lowest BCUT2D eigenvalue weighted by atomic mass is 10.0. The van der Waals surface area contributed by atoms with E-state index in [-0.39, 0.29) is 0 Å². The first-order valence-electron chi connectivity index (χ1n) is 4.77. The molecule has 0 amide bonds. The number of hydrogen-bond acceptors (Lipinski definition) is 2. The molecule has 0 spiro atoms. The third-order valence-electron chi connectivity index (χ3n) is 2.50. The lowest BCUT2D eigenvalue weighted by Gasteiger charge is -2.13. The number of aliphatic hydroxyl groups excluding tert-OH is 1. The quantitative estimate of drug-likeness (QED) is 0.857. The van der Waals surface area contributed by atoms with Gasteiger partial charge >= 0.3 is 0 Å². The van der Waals surface area contributed by atoms with E-state index >= 15 is 0 Å². The summed E-state index contributed by atoms with van der Waals surface area (Å²) in [5, 5.41) is 13.3. The number of hydrogen-bond donors (Lipinski definition) is 1. The Hall–Kier alpha value is -0.540. The van der Waals surface area contributed by atoms with Crippen molar-refractivity contribution in [3.05, 3.63) is 55.7 Å². The third kappa shape index (κ3) is 2.11. The highest BCUT2D eigenvalue weighted by Crippen LogP contribution is 2.35. The Morgan fingerprint density at radius 1 is 1.19 bits per heavy atom. The van der Waals surface area contributed by atoms with Crippen molar-refractivity contribution in [1.29, 1.82) is 0 Å². The van der Waals surface area contributed by atoms with Crippen LogP contribution in [0.1, 0.15) is 22.1 Å². The van der Waals surface area contributed by atoms with Crippen molar-refractivity contribution < 1.29 is 5.11 Å². The van der Waals surface area contributed by atoms with Crippen LogP contribution in [-0.4, -0.2) is 5.11 Å². The van der Waals surface area contributed by atoms with Gasteiger partial charge < -0.3 is 5.11 Å². The van der Waals surface area contributed by atoms with Crippen molar-refractivity contribution in [2.75, 3.05) is 0 Å². The average molecular weight is 273 g/mol. The monoisotopic (exact) mass is 272 g/mol. The van der Waals surface area contributed by atoms with E-state index in [0.717, 1.165) is 16.0 Å². The van der Waals surface area contributed by atoms with Crippen LogP contribution in [0.5, 0.6) is 0 Å². The molecule has 1 aromatic heterocycles. The summed E-state index contributed by atoms with van der Waals surface area (Å²) in [4.78, 5) is 0.757. The molecule has 0 bridgehead atoms. The number of rotatable bonds is 2. The van der Waals surface area contributed by atoms with Gasteiger partial charge in [-0.1, -0.05) is 35.3 Å². The molecule has 1 aromatic carbocycles. The van der Waals surface area contributed by atoms with Crippen LogP contribution in [0.4, 0.5) is 0 Å². The highest BCUT2D eigenvalue weighted by molar-refractivity contribution is 7.10. The van der Waals surface area contributed by atoms with Crippen molar-refractivity contribution in [1.82, 2.24) is 0 Å². The summed E-state index contributed by atoms with van der Waals surface area (Å²) in [6.45, 7) is 1.89. The first-order valence-corrected chi connectivity index (χ1v) is 6.40. The van der Waals surface area contributed by atoms with Crippen molar-refractivity contribution >= 4 is 34.5 Å². The van der Waals surface area contributed by atoms with E-state index in [0.29, 0.717) is 10.0 Å². The third-order valence-corrected chi connectivity index (χ3v) is 4.32. The van der Waals surface area contributed by atoms with Gasteiger partial charge in [-0.3, -0.25) is 0 Å².